The van der Waals surface area contributed by atoms with Gasteiger partial charge in [0.15, 0.2) is 0 Å². The smallest absolute Gasteiger partial charge is 0.273 e. The maximum atomic E-state index is 13.0. The van der Waals surface area contributed by atoms with E-state index in [1.54, 1.807) is 12.1 Å². The van der Waals surface area contributed by atoms with Crippen molar-refractivity contribution >= 4 is 23.2 Å². The van der Waals surface area contributed by atoms with Crippen LogP contribution in [-0.2, 0) is 11.2 Å². The van der Waals surface area contributed by atoms with E-state index < -0.39 is 22.8 Å². The minimum absolute atomic E-state index is 0.135. The van der Waals surface area contributed by atoms with Crippen molar-refractivity contribution in [1.82, 2.24) is 0 Å². The van der Waals surface area contributed by atoms with Crippen LogP contribution in [0.15, 0.2) is 42.5 Å². The number of para-hydroxylation sites is 1. The molecule has 0 aliphatic carbocycles. The first kappa shape index (κ1) is 15.7. The summed E-state index contributed by atoms with van der Waals surface area (Å²) in [6.07, 6.45) is 0.339. The predicted octanol–water partition coefficient (Wildman–Crippen LogP) is 1.96. The molecular formula is C17H15N3O4. The lowest BCUT2D eigenvalue weighted by atomic mass is 10.0. The standard InChI is InChI=1S/C17H15N3O4/c1-10-12(6-4-8-13(10)20(23)24)17(22)19-14-7-3-2-5-11(14)9-15(19)16(18)21/h2-8,15H,9H2,1H3,(H2,18,21). The summed E-state index contributed by atoms with van der Waals surface area (Å²) in [5, 5.41) is 11.1. The van der Waals surface area contributed by atoms with Crippen molar-refractivity contribution < 1.29 is 14.5 Å². The quantitative estimate of drug-likeness (QED) is 0.687. The second kappa shape index (κ2) is 5.77. The number of hydrogen-bond donors (Lipinski definition) is 1. The fourth-order valence-corrected chi connectivity index (χ4v) is 3.05. The molecule has 2 aromatic carbocycles. The molecule has 0 spiro atoms. The Kier molecular flexibility index (Phi) is 3.76. The summed E-state index contributed by atoms with van der Waals surface area (Å²) in [5.74, 6) is -1.08. The summed E-state index contributed by atoms with van der Waals surface area (Å²) in [5.41, 5.74) is 7.23. The molecule has 2 aromatic rings. The number of rotatable bonds is 3. The Morgan fingerprint density at radius 3 is 2.58 bits per heavy atom. The highest BCUT2D eigenvalue weighted by Crippen LogP contribution is 2.34. The largest absolute Gasteiger partial charge is 0.368 e. The van der Waals surface area contributed by atoms with Crippen LogP contribution in [0, 0.1) is 17.0 Å². The Labute approximate surface area is 137 Å². The maximum Gasteiger partial charge on any atom is 0.273 e. The van der Waals surface area contributed by atoms with E-state index in [1.165, 1.54) is 30.0 Å². The van der Waals surface area contributed by atoms with Crippen molar-refractivity contribution in [2.75, 3.05) is 4.90 Å². The summed E-state index contributed by atoms with van der Waals surface area (Å²) < 4.78 is 0. The number of nitrogens with two attached hydrogens (primary N) is 1. The molecule has 2 amide bonds. The second-order valence-corrected chi connectivity index (χ2v) is 5.63. The summed E-state index contributed by atoms with van der Waals surface area (Å²) in [6, 6.07) is 10.7. The van der Waals surface area contributed by atoms with Gasteiger partial charge in [0, 0.05) is 29.3 Å². The fraction of sp³-hybridized carbons (Fsp3) is 0.176. The number of nitrogens with zero attached hydrogens (tertiary/aromatic N) is 2. The number of anilines is 1. The van der Waals surface area contributed by atoms with Crippen molar-refractivity contribution in [2.24, 2.45) is 5.73 Å². The number of fused-ring (bicyclic) bond motifs is 1. The van der Waals surface area contributed by atoms with E-state index in [2.05, 4.69) is 0 Å². The molecule has 7 nitrogen and oxygen atoms in total. The number of carbonyl (C=O) groups is 2. The Morgan fingerprint density at radius 2 is 1.92 bits per heavy atom. The number of nitro benzene ring substituents is 1. The minimum Gasteiger partial charge on any atom is -0.368 e. The van der Waals surface area contributed by atoms with Gasteiger partial charge in [-0.1, -0.05) is 24.3 Å². The Hall–Kier alpha value is -3.22. The minimum atomic E-state index is -0.798. The van der Waals surface area contributed by atoms with Gasteiger partial charge in [-0.05, 0) is 24.6 Å². The molecule has 1 unspecified atom stereocenters. The van der Waals surface area contributed by atoms with Crippen LogP contribution in [0.3, 0.4) is 0 Å². The van der Waals surface area contributed by atoms with Crippen LogP contribution in [0.25, 0.3) is 0 Å². The lowest BCUT2D eigenvalue weighted by Crippen LogP contribution is -2.46. The summed E-state index contributed by atoms with van der Waals surface area (Å²) in [4.78, 5) is 36.7. The maximum absolute atomic E-state index is 13.0. The number of benzene rings is 2. The van der Waals surface area contributed by atoms with Crippen LogP contribution in [0.4, 0.5) is 11.4 Å². The van der Waals surface area contributed by atoms with Gasteiger partial charge in [0.05, 0.1) is 4.92 Å². The SMILES string of the molecule is Cc1c(C(=O)N2c3ccccc3CC2C(N)=O)cccc1[N+](=O)[O-]. The summed E-state index contributed by atoms with van der Waals surface area (Å²) in [7, 11) is 0. The molecule has 0 aromatic heterocycles. The van der Waals surface area contributed by atoms with Crippen molar-refractivity contribution in [2.45, 2.75) is 19.4 Å². The molecule has 1 aliphatic heterocycles. The number of carbonyl (C=O) groups excluding carboxylic acids is 2. The number of amides is 2. The Morgan fingerprint density at radius 1 is 1.21 bits per heavy atom. The molecule has 24 heavy (non-hydrogen) atoms. The van der Waals surface area contributed by atoms with Crippen molar-refractivity contribution in [3.8, 4) is 0 Å². The van der Waals surface area contributed by atoms with E-state index in [-0.39, 0.29) is 16.8 Å². The van der Waals surface area contributed by atoms with Crippen LogP contribution in [0.5, 0.6) is 0 Å². The molecule has 122 valence electrons. The monoisotopic (exact) mass is 325 g/mol. The van der Waals surface area contributed by atoms with Crippen LogP contribution in [0.1, 0.15) is 21.5 Å². The molecule has 0 fully saturated rings. The highest BCUT2D eigenvalue weighted by atomic mass is 16.6. The average molecular weight is 325 g/mol. The van der Waals surface area contributed by atoms with Crippen molar-refractivity contribution in [1.29, 1.82) is 0 Å². The molecule has 0 saturated heterocycles. The molecule has 0 saturated carbocycles. The van der Waals surface area contributed by atoms with Gasteiger partial charge in [0.2, 0.25) is 5.91 Å². The van der Waals surface area contributed by atoms with Crippen LogP contribution < -0.4 is 10.6 Å². The van der Waals surface area contributed by atoms with Crippen molar-refractivity contribution in [3.63, 3.8) is 0 Å². The number of nitro groups is 1. The van der Waals surface area contributed by atoms with E-state index in [4.69, 9.17) is 5.73 Å². The van der Waals surface area contributed by atoms with Crippen LogP contribution >= 0.6 is 0 Å². The lowest BCUT2D eigenvalue weighted by molar-refractivity contribution is -0.385. The summed E-state index contributed by atoms with van der Waals surface area (Å²) in [6.45, 7) is 1.52. The third kappa shape index (κ3) is 2.40. The first-order valence-electron chi connectivity index (χ1n) is 7.36. The van der Waals surface area contributed by atoms with Gasteiger partial charge < -0.3 is 5.73 Å². The van der Waals surface area contributed by atoms with E-state index in [0.717, 1.165) is 5.56 Å². The number of primary amides is 1. The Balaban J connectivity index is 2.10. The van der Waals surface area contributed by atoms with Gasteiger partial charge in [0.1, 0.15) is 6.04 Å². The van der Waals surface area contributed by atoms with Gasteiger partial charge in [-0.3, -0.25) is 24.6 Å². The third-order valence-electron chi connectivity index (χ3n) is 4.26. The molecular weight excluding hydrogens is 310 g/mol. The zero-order valence-corrected chi connectivity index (χ0v) is 12.9. The zero-order valence-electron chi connectivity index (χ0n) is 12.9. The van der Waals surface area contributed by atoms with E-state index in [0.29, 0.717) is 12.1 Å². The first-order chi connectivity index (χ1) is 11.4. The number of hydrogen-bond acceptors (Lipinski definition) is 4. The molecule has 1 aliphatic rings. The fourth-order valence-electron chi connectivity index (χ4n) is 3.05. The van der Waals surface area contributed by atoms with Crippen LogP contribution in [0.2, 0.25) is 0 Å². The van der Waals surface area contributed by atoms with Crippen molar-refractivity contribution in [3.05, 3.63) is 69.3 Å². The molecule has 2 N–H and O–H groups in total. The highest BCUT2D eigenvalue weighted by Gasteiger charge is 2.38. The molecule has 1 atom stereocenters. The van der Waals surface area contributed by atoms with Gasteiger partial charge in [-0.2, -0.15) is 0 Å². The second-order valence-electron chi connectivity index (χ2n) is 5.63. The lowest BCUT2D eigenvalue weighted by Gasteiger charge is -2.24. The van der Waals surface area contributed by atoms with Gasteiger partial charge in [-0.15, -0.1) is 0 Å². The van der Waals surface area contributed by atoms with Crippen LogP contribution in [-0.4, -0.2) is 22.8 Å². The topological polar surface area (TPSA) is 107 Å². The third-order valence-corrected chi connectivity index (χ3v) is 4.26. The molecule has 0 radical (unpaired) electrons. The highest BCUT2D eigenvalue weighted by molar-refractivity contribution is 6.12. The molecule has 3 rings (SSSR count). The van der Waals surface area contributed by atoms with E-state index in [1.807, 2.05) is 12.1 Å². The zero-order chi connectivity index (χ0) is 17.4. The first-order valence-corrected chi connectivity index (χ1v) is 7.36. The van der Waals surface area contributed by atoms with Gasteiger partial charge >= 0.3 is 0 Å². The van der Waals surface area contributed by atoms with E-state index in [9.17, 15) is 19.7 Å². The molecule has 1 heterocycles. The summed E-state index contributed by atoms with van der Waals surface area (Å²) >= 11 is 0. The molecule has 7 heteroatoms. The molecule has 0 bridgehead atoms. The van der Waals surface area contributed by atoms with Gasteiger partial charge in [-0.25, -0.2) is 0 Å². The predicted molar refractivity (Wildman–Crippen MR) is 87.8 cm³/mol. The van der Waals surface area contributed by atoms with E-state index >= 15 is 0 Å². The average Bonchev–Trinajstić information content (AvgIpc) is 2.94. The van der Waals surface area contributed by atoms with Gasteiger partial charge in [0.25, 0.3) is 11.6 Å². The Bertz CT molecular complexity index is 863. The normalized spacial score (nSPS) is 15.9.